The molecule has 0 aliphatic carbocycles. The fourth-order valence-electron chi connectivity index (χ4n) is 4.36. The zero-order valence-corrected chi connectivity index (χ0v) is 22.9. The smallest absolute Gasteiger partial charge is 0.410 e. The molecule has 2 saturated heterocycles. The van der Waals surface area contributed by atoms with Crippen LogP contribution in [-0.4, -0.2) is 70.9 Å². The van der Waals surface area contributed by atoms with E-state index in [0.29, 0.717) is 61.7 Å². The van der Waals surface area contributed by atoms with Crippen LogP contribution in [0.1, 0.15) is 11.3 Å². The van der Waals surface area contributed by atoms with Crippen LogP contribution in [0.2, 0.25) is 5.02 Å². The van der Waals surface area contributed by atoms with Crippen LogP contribution < -0.4 is 15.4 Å². The van der Waals surface area contributed by atoms with E-state index in [1.54, 1.807) is 29.3 Å². The van der Waals surface area contributed by atoms with Crippen molar-refractivity contribution in [1.29, 1.82) is 0 Å². The van der Waals surface area contributed by atoms with Crippen LogP contribution in [0.3, 0.4) is 0 Å². The molecule has 1 aromatic carbocycles. The topological polar surface area (TPSA) is 111 Å². The lowest BCUT2D eigenvalue weighted by atomic mass is 10.2. The van der Waals surface area contributed by atoms with Crippen LogP contribution in [0.5, 0.6) is 11.6 Å². The highest BCUT2D eigenvalue weighted by molar-refractivity contribution is 7.19. The summed E-state index contributed by atoms with van der Waals surface area (Å²) in [5, 5.41) is 7.95. The largest absolute Gasteiger partial charge is 0.445 e. The third-order valence-corrected chi connectivity index (χ3v) is 7.63. The SMILES string of the molecule is O=C(O[C@@H]1CN[C@H](C#Cc2cc3c(Nc4ccc(Oc5ccccn5)c(Cl)c4)ncnc3s2)C1)N1CCOCC1. The second-order valence-corrected chi connectivity index (χ2v) is 10.6. The van der Waals surface area contributed by atoms with E-state index < -0.39 is 0 Å². The molecule has 1 amide bonds. The summed E-state index contributed by atoms with van der Waals surface area (Å²) >= 11 is 7.96. The fourth-order valence-corrected chi connectivity index (χ4v) is 5.44. The molecule has 0 spiro atoms. The standard InChI is InChI=1S/C28H25ClN6O4S/c29-23-14-19(5-7-24(23)39-25-3-1-2-8-30-25)34-26-22-15-21(40-27(22)33-17-32-26)6-4-18-13-20(16-31-18)38-28(36)35-9-11-37-12-10-35/h1-3,5,7-8,14-15,17-18,20,31H,9-13,16H2,(H,32,33,34)/t18-,20+/m1/s1. The minimum Gasteiger partial charge on any atom is -0.445 e. The number of ether oxygens (including phenoxy) is 3. The Balaban J connectivity index is 1.10. The second-order valence-electron chi connectivity index (χ2n) is 9.16. The Morgan fingerprint density at radius 1 is 1.18 bits per heavy atom. The number of thiophene rings is 1. The van der Waals surface area contributed by atoms with E-state index in [0.717, 1.165) is 20.8 Å². The van der Waals surface area contributed by atoms with Crippen molar-refractivity contribution in [3.63, 3.8) is 0 Å². The molecule has 2 N–H and O–H groups in total. The summed E-state index contributed by atoms with van der Waals surface area (Å²) in [6.07, 6.45) is 3.32. The first-order valence-corrected chi connectivity index (χ1v) is 14.0. The summed E-state index contributed by atoms with van der Waals surface area (Å²) in [4.78, 5) is 28.7. The molecule has 3 aromatic heterocycles. The van der Waals surface area contributed by atoms with E-state index in [-0.39, 0.29) is 18.2 Å². The van der Waals surface area contributed by atoms with Crippen molar-refractivity contribution in [1.82, 2.24) is 25.2 Å². The summed E-state index contributed by atoms with van der Waals surface area (Å²) in [7, 11) is 0. The Morgan fingerprint density at radius 2 is 2.08 bits per heavy atom. The highest BCUT2D eigenvalue weighted by atomic mass is 35.5. The third-order valence-electron chi connectivity index (χ3n) is 6.37. The number of fused-ring (bicyclic) bond motifs is 1. The first kappa shape index (κ1) is 26.3. The van der Waals surface area contributed by atoms with Gasteiger partial charge in [0.2, 0.25) is 5.88 Å². The molecule has 0 saturated carbocycles. The number of carbonyl (C=O) groups excluding carboxylic acids is 1. The van der Waals surface area contributed by atoms with E-state index in [2.05, 4.69) is 37.4 Å². The lowest BCUT2D eigenvalue weighted by Crippen LogP contribution is -2.42. The highest BCUT2D eigenvalue weighted by Crippen LogP contribution is 2.34. The van der Waals surface area contributed by atoms with Crippen molar-refractivity contribution in [2.75, 3.05) is 38.2 Å². The van der Waals surface area contributed by atoms with Crippen LogP contribution in [0.15, 0.2) is 55.0 Å². The number of benzene rings is 1. The molecule has 0 radical (unpaired) electrons. The van der Waals surface area contributed by atoms with Gasteiger partial charge in [-0.15, -0.1) is 11.3 Å². The molecule has 5 heterocycles. The first-order valence-electron chi connectivity index (χ1n) is 12.8. The molecular weight excluding hydrogens is 552 g/mol. The van der Waals surface area contributed by atoms with Crippen molar-refractivity contribution >= 4 is 50.8 Å². The number of anilines is 2. The van der Waals surface area contributed by atoms with Crippen molar-refractivity contribution in [3.8, 4) is 23.5 Å². The highest BCUT2D eigenvalue weighted by Gasteiger charge is 2.28. The van der Waals surface area contributed by atoms with Crippen molar-refractivity contribution in [3.05, 3.63) is 64.9 Å². The van der Waals surface area contributed by atoms with Crippen LogP contribution in [-0.2, 0) is 9.47 Å². The van der Waals surface area contributed by atoms with Gasteiger partial charge in [0.05, 0.1) is 34.5 Å². The van der Waals surface area contributed by atoms with Crippen LogP contribution >= 0.6 is 22.9 Å². The molecule has 0 unspecified atom stereocenters. The van der Waals surface area contributed by atoms with Gasteiger partial charge in [-0.25, -0.2) is 19.7 Å². The number of carbonyl (C=O) groups is 1. The van der Waals surface area contributed by atoms with Gasteiger partial charge in [-0.3, -0.25) is 5.32 Å². The Hall–Kier alpha value is -3.95. The number of amides is 1. The van der Waals surface area contributed by atoms with Crippen LogP contribution in [0, 0.1) is 11.8 Å². The molecule has 6 rings (SSSR count). The number of morpholine rings is 1. The molecule has 2 atom stereocenters. The van der Waals surface area contributed by atoms with Gasteiger partial charge < -0.3 is 24.4 Å². The molecule has 0 bridgehead atoms. The van der Waals surface area contributed by atoms with Gasteiger partial charge in [0.25, 0.3) is 0 Å². The van der Waals surface area contributed by atoms with Gasteiger partial charge >= 0.3 is 6.09 Å². The summed E-state index contributed by atoms with van der Waals surface area (Å²) < 4.78 is 16.7. The monoisotopic (exact) mass is 576 g/mol. The predicted octanol–water partition coefficient (Wildman–Crippen LogP) is 4.83. The van der Waals surface area contributed by atoms with Gasteiger partial charge in [-0.2, -0.15) is 0 Å². The predicted molar refractivity (Wildman–Crippen MR) is 152 cm³/mol. The van der Waals surface area contributed by atoms with Crippen molar-refractivity contribution in [2.45, 2.75) is 18.6 Å². The Morgan fingerprint density at radius 3 is 2.90 bits per heavy atom. The Kier molecular flexibility index (Phi) is 7.92. The maximum absolute atomic E-state index is 12.4. The summed E-state index contributed by atoms with van der Waals surface area (Å²) in [5.41, 5.74) is 0.755. The maximum atomic E-state index is 12.4. The molecule has 2 aliphatic heterocycles. The number of halogens is 1. The molecule has 10 nitrogen and oxygen atoms in total. The molecule has 4 aromatic rings. The van der Waals surface area contributed by atoms with Gasteiger partial charge in [-0.05, 0) is 30.3 Å². The normalized spacial score (nSPS) is 18.7. The number of nitrogens with zero attached hydrogens (tertiary/aromatic N) is 4. The van der Waals surface area contributed by atoms with Crippen molar-refractivity contribution in [2.24, 2.45) is 0 Å². The zero-order chi connectivity index (χ0) is 27.3. The number of pyridine rings is 1. The quantitative estimate of drug-likeness (QED) is 0.323. The van der Waals surface area contributed by atoms with E-state index in [9.17, 15) is 4.79 Å². The van der Waals surface area contributed by atoms with Gasteiger partial charge in [0.15, 0.2) is 0 Å². The average Bonchev–Trinajstić information content (AvgIpc) is 3.61. The summed E-state index contributed by atoms with van der Waals surface area (Å²) in [6, 6.07) is 12.7. The summed E-state index contributed by atoms with van der Waals surface area (Å²) in [6.45, 7) is 2.80. The lowest BCUT2D eigenvalue weighted by Gasteiger charge is -2.27. The lowest BCUT2D eigenvalue weighted by molar-refractivity contribution is 0.0156. The van der Waals surface area contributed by atoms with Crippen LogP contribution in [0.25, 0.3) is 10.2 Å². The number of hydrogen-bond acceptors (Lipinski definition) is 10. The minimum atomic E-state index is -0.288. The van der Waals surface area contributed by atoms with Gasteiger partial charge in [-0.1, -0.05) is 29.5 Å². The summed E-state index contributed by atoms with van der Waals surface area (Å²) in [5.74, 6) is 8.13. The van der Waals surface area contributed by atoms with Gasteiger partial charge in [0.1, 0.15) is 28.8 Å². The number of hydrogen-bond donors (Lipinski definition) is 2. The van der Waals surface area contributed by atoms with Gasteiger partial charge in [0, 0.05) is 44.0 Å². The second kappa shape index (κ2) is 12.1. The number of nitrogens with one attached hydrogen (secondary N) is 2. The minimum absolute atomic E-state index is 0.0645. The Bertz CT molecular complexity index is 1570. The number of rotatable bonds is 5. The number of aromatic nitrogens is 3. The molecule has 2 aliphatic rings. The van der Waals surface area contributed by atoms with Crippen molar-refractivity contribution < 1.29 is 19.0 Å². The molecule has 12 heteroatoms. The van der Waals surface area contributed by atoms with E-state index in [4.69, 9.17) is 25.8 Å². The van der Waals surface area contributed by atoms with E-state index >= 15 is 0 Å². The molecule has 40 heavy (non-hydrogen) atoms. The average molecular weight is 577 g/mol. The molecule has 2 fully saturated rings. The van der Waals surface area contributed by atoms with Crippen LogP contribution in [0.4, 0.5) is 16.3 Å². The third kappa shape index (κ3) is 6.26. The zero-order valence-electron chi connectivity index (χ0n) is 21.3. The maximum Gasteiger partial charge on any atom is 0.410 e. The fraction of sp³-hybridized carbons (Fsp3) is 0.286. The molecule has 204 valence electrons. The Labute approximate surface area is 239 Å². The van der Waals surface area contributed by atoms with E-state index in [1.807, 2.05) is 24.3 Å². The van der Waals surface area contributed by atoms with E-state index in [1.165, 1.54) is 17.7 Å². The first-order chi connectivity index (χ1) is 19.6. The molecular formula is C28H25ClN6O4S.